The molecule has 0 spiro atoms. The predicted molar refractivity (Wildman–Crippen MR) is 53.9 cm³/mol. The lowest BCUT2D eigenvalue weighted by molar-refractivity contribution is 0.409. The molecule has 0 saturated carbocycles. The molecule has 0 bridgehead atoms. The predicted octanol–water partition coefficient (Wildman–Crippen LogP) is 3.10. The number of thiazole rings is 1. The zero-order valence-corrected chi connectivity index (χ0v) is 8.61. The van der Waals surface area contributed by atoms with Crippen LogP contribution in [-0.4, -0.2) is 10.1 Å². The molecule has 0 radical (unpaired) electrons. The smallest absolute Gasteiger partial charge is 0.201 e. The van der Waals surface area contributed by atoms with Crippen molar-refractivity contribution in [2.75, 3.05) is 0 Å². The number of halogens is 2. The third-order valence-electron chi connectivity index (χ3n) is 1.96. The van der Waals surface area contributed by atoms with E-state index in [1.165, 1.54) is 17.4 Å². The first-order valence-electron chi connectivity index (χ1n) is 4.19. The van der Waals surface area contributed by atoms with E-state index in [4.69, 9.17) is 0 Å². The minimum absolute atomic E-state index is 0.207. The van der Waals surface area contributed by atoms with Crippen molar-refractivity contribution in [1.29, 1.82) is 0 Å². The molecule has 1 N–H and O–H groups in total. The van der Waals surface area contributed by atoms with Gasteiger partial charge < -0.3 is 5.11 Å². The number of phenols is 1. The van der Waals surface area contributed by atoms with Crippen molar-refractivity contribution >= 4 is 11.3 Å². The first-order chi connectivity index (χ1) is 7.09. The van der Waals surface area contributed by atoms with Crippen LogP contribution in [0.25, 0.3) is 11.3 Å². The van der Waals surface area contributed by atoms with Crippen molar-refractivity contribution in [1.82, 2.24) is 4.98 Å². The quantitative estimate of drug-likeness (QED) is 0.812. The Morgan fingerprint density at radius 3 is 2.67 bits per heavy atom. The van der Waals surface area contributed by atoms with Gasteiger partial charge in [0.1, 0.15) is 0 Å². The lowest BCUT2D eigenvalue weighted by atomic mass is 10.1. The summed E-state index contributed by atoms with van der Waals surface area (Å²) in [5.74, 6) is -3.00. The van der Waals surface area contributed by atoms with Crippen molar-refractivity contribution < 1.29 is 13.9 Å². The van der Waals surface area contributed by atoms with E-state index in [9.17, 15) is 13.9 Å². The number of hydrogen-bond acceptors (Lipinski definition) is 3. The average molecular weight is 227 g/mol. The second-order valence-corrected chi connectivity index (χ2v) is 4.07. The van der Waals surface area contributed by atoms with Crippen LogP contribution in [0.1, 0.15) is 5.01 Å². The maximum Gasteiger partial charge on any atom is 0.201 e. The summed E-state index contributed by atoms with van der Waals surface area (Å²) in [6, 6.07) is 2.28. The fraction of sp³-hybridized carbons (Fsp3) is 0.100. The van der Waals surface area contributed by atoms with E-state index in [2.05, 4.69) is 4.98 Å². The van der Waals surface area contributed by atoms with E-state index in [-0.39, 0.29) is 5.56 Å². The number of aromatic nitrogens is 1. The van der Waals surface area contributed by atoms with Gasteiger partial charge in [-0.25, -0.2) is 9.37 Å². The lowest BCUT2D eigenvalue weighted by Crippen LogP contribution is -1.88. The van der Waals surface area contributed by atoms with Crippen LogP contribution in [-0.2, 0) is 0 Å². The molecule has 78 valence electrons. The van der Waals surface area contributed by atoms with E-state index in [0.29, 0.717) is 5.69 Å². The topological polar surface area (TPSA) is 33.1 Å². The van der Waals surface area contributed by atoms with Crippen LogP contribution in [0.3, 0.4) is 0 Å². The van der Waals surface area contributed by atoms with Crippen LogP contribution in [0, 0.1) is 18.6 Å². The number of hydrogen-bond donors (Lipinski definition) is 1. The Kier molecular flexibility index (Phi) is 2.40. The second-order valence-electron chi connectivity index (χ2n) is 3.01. The molecule has 15 heavy (non-hydrogen) atoms. The zero-order valence-electron chi connectivity index (χ0n) is 7.79. The standard InChI is InChI=1S/C10H7F2NOS/c1-5-13-8(4-15-5)6-2-3-7(11)9(12)10(6)14/h2-4,14H,1H3. The molecule has 0 aliphatic carbocycles. The number of benzene rings is 1. The highest BCUT2D eigenvalue weighted by atomic mass is 32.1. The molecular weight excluding hydrogens is 220 g/mol. The number of aryl methyl sites for hydroxylation is 1. The van der Waals surface area contributed by atoms with Crippen molar-refractivity contribution in [3.05, 3.63) is 34.2 Å². The van der Waals surface area contributed by atoms with E-state index >= 15 is 0 Å². The SMILES string of the molecule is Cc1nc(-c2ccc(F)c(F)c2O)cs1. The molecule has 0 saturated heterocycles. The van der Waals surface area contributed by atoms with Crippen LogP contribution in [0.15, 0.2) is 17.5 Å². The van der Waals surface area contributed by atoms with Gasteiger partial charge in [-0.3, -0.25) is 0 Å². The molecule has 1 aromatic heterocycles. The third-order valence-corrected chi connectivity index (χ3v) is 2.74. The highest BCUT2D eigenvalue weighted by molar-refractivity contribution is 7.09. The minimum Gasteiger partial charge on any atom is -0.504 e. The summed E-state index contributed by atoms with van der Waals surface area (Å²) in [7, 11) is 0. The van der Waals surface area contributed by atoms with Crippen molar-refractivity contribution in [2.24, 2.45) is 0 Å². The molecule has 1 heterocycles. The fourth-order valence-electron chi connectivity index (χ4n) is 1.23. The van der Waals surface area contributed by atoms with Gasteiger partial charge in [-0.2, -0.15) is 4.39 Å². The van der Waals surface area contributed by atoms with Gasteiger partial charge in [-0.15, -0.1) is 11.3 Å². The van der Waals surface area contributed by atoms with Gasteiger partial charge in [0.2, 0.25) is 5.82 Å². The van der Waals surface area contributed by atoms with Gasteiger partial charge in [0, 0.05) is 10.9 Å². The molecule has 2 aromatic rings. The maximum absolute atomic E-state index is 13.0. The first kappa shape index (κ1) is 10.0. The number of aromatic hydroxyl groups is 1. The molecule has 0 aliphatic heterocycles. The monoisotopic (exact) mass is 227 g/mol. The van der Waals surface area contributed by atoms with E-state index in [1.807, 2.05) is 0 Å². The Morgan fingerprint density at radius 2 is 2.07 bits per heavy atom. The summed E-state index contributed by atoms with van der Waals surface area (Å²) in [4.78, 5) is 4.08. The average Bonchev–Trinajstić information content (AvgIpc) is 2.61. The van der Waals surface area contributed by atoms with Crippen LogP contribution in [0.4, 0.5) is 8.78 Å². The van der Waals surface area contributed by atoms with Gasteiger partial charge in [0.25, 0.3) is 0 Å². The van der Waals surface area contributed by atoms with Crippen molar-refractivity contribution in [2.45, 2.75) is 6.92 Å². The summed E-state index contributed by atoms with van der Waals surface area (Å²) in [5.41, 5.74) is 0.659. The molecule has 5 heteroatoms. The van der Waals surface area contributed by atoms with Gasteiger partial charge >= 0.3 is 0 Å². The Balaban J connectivity index is 2.59. The molecule has 2 rings (SSSR count). The molecule has 2 nitrogen and oxygen atoms in total. The van der Waals surface area contributed by atoms with E-state index < -0.39 is 17.4 Å². The van der Waals surface area contributed by atoms with Crippen molar-refractivity contribution in [3.63, 3.8) is 0 Å². The minimum atomic E-state index is -1.24. The lowest BCUT2D eigenvalue weighted by Gasteiger charge is -2.02. The third kappa shape index (κ3) is 1.70. The highest BCUT2D eigenvalue weighted by Gasteiger charge is 2.15. The summed E-state index contributed by atoms with van der Waals surface area (Å²) in [6.45, 7) is 1.80. The van der Waals surface area contributed by atoms with Crippen LogP contribution in [0.5, 0.6) is 5.75 Å². The van der Waals surface area contributed by atoms with Crippen LogP contribution in [0.2, 0.25) is 0 Å². The summed E-state index contributed by atoms with van der Waals surface area (Å²) < 4.78 is 25.8. The van der Waals surface area contributed by atoms with E-state index in [1.54, 1.807) is 12.3 Å². The molecule has 0 aliphatic rings. The largest absolute Gasteiger partial charge is 0.504 e. The summed E-state index contributed by atoms with van der Waals surface area (Å²) in [5, 5.41) is 11.9. The van der Waals surface area contributed by atoms with Gasteiger partial charge in [-0.05, 0) is 19.1 Å². The normalized spacial score (nSPS) is 10.6. The second kappa shape index (κ2) is 3.58. The fourth-order valence-corrected chi connectivity index (χ4v) is 1.85. The van der Waals surface area contributed by atoms with Gasteiger partial charge in [0.15, 0.2) is 11.6 Å². The number of phenolic OH excluding ortho intramolecular Hbond substituents is 1. The number of rotatable bonds is 1. The Bertz CT molecular complexity index is 510. The number of nitrogens with zero attached hydrogens (tertiary/aromatic N) is 1. The maximum atomic E-state index is 13.0. The first-order valence-corrected chi connectivity index (χ1v) is 5.07. The van der Waals surface area contributed by atoms with Crippen LogP contribution < -0.4 is 0 Å². The summed E-state index contributed by atoms with van der Waals surface area (Å²) in [6.07, 6.45) is 0. The summed E-state index contributed by atoms with van der Waals surface area (Å²) >= 11 is 1.38. The molecule has 1 aromatic carbocycles. The molecule has 0 fully saturated rings. The Morgan fingerprint density at radius 1 is 1.33 bits per heavy atom. The van der Waals surface area contributed by atoms with Crippen LogP contribution >= 0.6 is 11.3 Å². The van der Waals surface area contributed by atoms with Gasteiger partial charge in [0.05, 0.1) is 10.7 Å². The Hall–Kier alpha value is -1.49. The van der Waals surface area contributed by atoms with Crippen molar-refractivity contribution in [3.8, 4) is 17.0 Å². The molecule has 0 amide bonds. The zero-order chi connectivity index (χ0) is 11.0. The molecule has 0 atom stereocenters. The Labute approximate surface area is 88.8 Å². The molecule has 0 unspecified atom stereocenters. The van der Waals surface area contributed by atoms with Gasteiger partial charge in [-0.1, -0.05) is 0 Å². The van der Waals surface area contributed by atoms with E-state index in [0.717, 1.165) is 11.1 Å². The highest BCUT2D eigenvalue weighted by Crippen LogP contribution is 2.32. The molecular formula is C10H7F2NOS.